The van der Waals surface area contributed by atoms with Gasteiger partial charge in [0.1, 0.15) is 0 Å². The number of benzene rings is 1. The van der Waals surface area contributed by atoms with Gasteiger partial charge in [-0.1, -0.05) is 28.4 Å². The molecule has 0 amide bonds. The van der Waals surface area contributed by atoms with E-state index in [1.165, 1.54) is 10.8 Å². The first-order chi connectivity index (χ1) is 8.70. The second-order valence-electron chi connectivity index (χ2n) is 3.54. The summed E-state index contributed by atoms with van der Waals surface area (Å²) in [6.07, 6.45) is 1.98. The number of rotatable bonds is 2. The van der Waals surface area contributed by atoms with Gasteiger partial charge in [0.2, 0.25) is 5.65 Å². The van der Waals surface area contributed by atoms with Gasteiger partial charge >= 0.3 is 0 Å². The predicted molar refractivity (Wildman–Crippen MR) is 66.5 cm³/mol. The van der Waals surface area contributed by atoms with E-state index in [0.717, 1.165) is 0 Å². The zero-order valence-electron chi connectivity index (χ0n) is 8.80. The third kappa shape index (κ3) is 1.60. The first kappa shape index (κ1) is 11.3. The summed E-state index contributed by atoms with van der Waals surface area (Å²) in [4.78, 5) is 15.1. The van der Waals surface area contributed by atoms with Crippen molar-refractivity contribution in [3.05, 3.63) is 40.3 Å². The van der Waals surface area contributed by atoms with E-state index in [1.54, 1.807) is 18.2 Å². The molecule has 0 N–H and O–H groups in total. The molecule has 0 unspecified atom stereocenters. The Bertz CT molecular complexity index is 748. The average Bonchev–Trinajstić information content (AvgIpc) is 2.92. The van der Waals surface area contributed by atoms with E-state index in [9.17, 15) is 4.79 Å². The molecule has 18 heavy (non-hydrogen) atoms. The standard InChI is InChI=1S/C11H5Cl2N3O2/c12-6-1-2-7(13)9(3-6)16-10(4-17)14-8-5-18-15-11(8)16/h1-5H. The lowest BCUT2D eigenvalue weighted by Gasteiger charge is -2.07. The molecule has 0 aliphatic carbocycles. The summed E-state index contributed by atoms with van der Waals surface area (Å²) < 4.78 is 6.31. The van der Waals surface area contributed by atoms with Gasteiger partial charge in [0.15, 0.2) is 23.9 Å². The Balaban J connectivity index is 2.38. The van der Waals surface area contributed by atoms with E-state index >= 15 is 0 Å². The Kier molecular flexibility index (Phi) is 2.57. The zero-order valence-corrected chi connectivity index (χ0v) is 10.3. The Morgan fingerprint density at radius 1 is 1.33 bits per heavy atom. The summed E-state index contributed by atoms with van der Waals surface area (Å²) in [7, 11) is 0. The highest BCUT2D eigenvalue weighted by molar-refractivity contribution is 6.34. The lowest BCUT2D eigenvalue weighted by Crippen LogP contribution is -2.01. The van der Waals surface area contributed by atoms with Crippen molar-refractivity contribution in [2.24, 2.45) is 0 Å². The van der Waals surface area contributed by atoms with Crippen LogP contribution >= 0.6 is 23.2 Å². The first-order valence-electron chi connectivity index (χ1n) is 4.94. The number of hydrogen-bond donors (Lipinski definition) is 0. The maximum atomic E-state index is 11.0. The second kappa shape index (κ2) is 4.12. The van der Waals surface area contributed by atoms with Crippen LogP contribution in [-0.4, -0.2) is 21.0 Å². The van der Waals surface area contributed by atoms with Gasteiger partial charge in [-0.25, -0.2) is 4.98 Å². The molecule has 90 valence electrons. The van der Waals surface area contributed by atoms with Crippen LogP contribution in [0, 0.1) is 0 Å². The van der Waals surface area contributed by atoms with Gasteiger partial charge in [-0.2, -0.15) is 0 Å². The van der Waals surface area contributed by atoms with Crippen LogP contribution in [0.5, 0.6) is 0 Å². The molecule has 0 spiro atoms. The lowest BCUT2D eigenvalue weighted by atomic mass is 10.3. The molecule has 2 heterocycles. The molecule has 2 aromatic heterocycles. The van der Waals surface area contributed by atoms with Crippen molar-refractivity contribution in [1.29, 1.82) is 0 Å². The molecule has 0 bridgehead atoms. The van der Waals surface area contributed by atoms with Gasteiger partial charge < -0.3 is 4.52 Å². The second-order valence-corrected chi connectivity index (χ2v) is 4.39. The Labute approximate surface area is 111 Å². The fourth-order valence-electron chi connectivity index (χ4n) is 1.71. The fraction of sp³-hybridized carbons (Fsp3) is 0. The van der Waals surface area contributed by atoms with E-state index in [-0.39, 0.29) is 5.82 Å². The normalized spacial score (nSPS) is 11.0. The van der Waals surface area contributed by atoms with Crippen molar-refractivity contribution >= 4 is 40.7 Å². The van der Waals surface area contributed by atoms with Crippen LogP contribution in [0.4, 0.5) is 0 Å². The van der Waals surface area contributed by atoms with Crippen molar-refractivity contribution in [2.45, 2.75) is 0 Å². The monoisotopic (exact) mass is 281 g/mol. The van der Waals surface area contributed by atoms with Crippen LogP contribution in [0.25, 0.3) is 16.9 Å². The van der Waals surface area contributed by atoms with E-state index in [2.05, 4.69) is 10.1 Å². The molecule has 5 nitrogen and oxygen atoms in total. The summed E-state index contributed by atoms with van der Waals surface area (Å²) in [5.41, 5.74) is 1.43. The Hall–Kier alpha value is -1.85. The number of hydrogen-bond acceptors (Lipinski definition) is 4. The zero-order chi connectivity index (χ0) is 12.7. The summed E-state index contributed by atoms with van der Waals surface area (Å²) in [5.74, 6) is 0.187. The molecule has 0 fully saturated rings. The van der Waals surface area contributed by atoms with Gasteiger partial charge in [0.25, 0.3) is 0 Å². The van der Waals surface area contributed by atoms with Crippen molar-refractivity contribution < 1.29 is 9.32 Å². The SMILES string of the molecule is O=Cc1nc2conc2n1-c1cc(Cl)ccc1Cl. The number of aromatic nitrogens is 3. The van der Waals surface area contributed by atoms with Gasteiger partial charge in [0, 0.05) is 5.02 Å². The Morgan fingerprint density at radius 3 is 2.94 bits per heavy atom. The van der Waals surface area contributed by atoms with E-state index in [0.29, 0.717) is 33.2 Å². The van der Waals surface area contributed by atoms with Crippen LogP contribution in [0.3, 0.4) is 0 Å². The maximum Gasteiger partial charge on any atom is 0.208 e. The van der Waals surface area contributed by atoms with Crippen LogP contribution < -0.4 is 0 Å². The van der Waals surface area contributed by atoms with Gasteiger partial charge in [-0.3, -0.25) is 9.36 Å². The minimum absolute atomic E-state index is 0.187. The highest BCUT2D eigenvalue weighted by atomic mass is 35.5. The van der Waals surface area contributed by atoms with Crippen LogP contribution in [0.15, 0.2) is 29.0 Å². The molecule has 0 saturated carbocycles. The van der Waals surface area contributed by atoms with Crippen LogP contribution in [0.2, 0.25) is 10.0 Å². The summed E-state index contributed by atoms with van der Waals surface area (Å²) in [6.45, 7) is 0. The summed E-state index contributed by atoms with van der Waals surface area (Å²) >= 11 is 12.0. The van der Waals surface area contributed by atoms with Crippen LogP contribution in [-0.2, 0) is 0 Å². The molecule has 3 rings (SSSR count). The molecule has 0 radical (unpaired) electrons. The molecule has 1 aromatic carbocycles. The minimum Gasteiger partial charge on any atom is -0.360 e. The average molecular weight is 282 g/mol. The number of fused-ring (bicyclic) bond motifs is 1. The smallest absolute Gasteiger partial charge is 0.208 e. The highest BCUT2D eigenvalue weighted by Gasteiger charge is 2.17. The maximum absolute atomic E-state index is 11.0. The number of carbonyl (C=O) groups is 1. The van der Waals surface area contributed by atoms with Crippen molar-refractivity contribution in [3.63, 3.8) is 0 Å². The molecular weight excluding hydrogens is 277 g/mol. The van der Waals surface area contributed by atoms with Gasteiger partial charge in [-0.15, -0.1) is 0 Å². The van der Waals surface area contributed by atoms with Crippen molar-refractivity contribution in [2.75, 3.05) is 0 Å². The van der Waals surface area contributed by atoms with Crippen molar-refractivity contribution in [1.82, 2.24) is 14.7 Å². The largest absolute Gasteiger partial charge is 0.360 e. The molecule has 7 heteroatoms. The number of nitrogens with zero attached hydrogens (tertiary/aromatic N) is 3. The lowest BCUT2D eigenvalue weighted by molar-refractivity contribution is 0.111. The molecular formula is C11H5Cl2N3O2. The molecule has 0 aliphatic heterocycles. The van der Waals surface area contributed by atoms with E-state index in [4.69, 9.17) is 27.7 Å². The number of imidazole rings is 1. The highest BCUT2D eigenvalue weighted by Crippen LogP contribution is 2.28. The van der Waals surface area contributed by atoms with E-state index < -0.39 is 0 Å². The molecule has 0 saturated heterocycles. The third-order valence-corrected chi connectivity index (χ3v) is 3.02. The molecule has 0 atom stereocenters. The van der Waals surface area contributed by atoms with Crippen molar-refractivity contribution in [3.8, 4) is 5.69 Å². The predicted octanol–water partition coefficient (Wildman–Crippen LogP) is 3.13. The van der Waals surface area contributed by atoms with Gasteiger partial charge in [-0.05, 0) is 18.2 Å². The number of carbonyl (C=O) groups excluding carboxylic acids is 1. The van der Waals surface area contributed by atoms with Crippen LogP contribution in [0.1, 0.15) is 10.6 Å². The fourth-order valence-corrected chi connectivity index (χ4v) is 2.08. The van der Waals surface area contributed by atoms with Gasteiger partial charge in [0.05, 0.1) is 10.7 Å². The number of aldehydes is 1. The quantitative estimate of drug-likeness (QED) is 0.677. The minimum atomic E-state index is 0.187. The Morgan fingerprint density at radius 2 is 2.17 bits per heavy atom. The number of halogens is 2. The molecule has 3 aromatic rings. The summed E-state index contributed by atoms with van der Waals surface area (Å²) in [6, 6.07) is 4.93. The van der Waals surface area contributed by atoms with E-state index in [1.807, 2.05) is 0 Å². The summed E-state index contributed by atoms with van der Waals surface area (Å²) in [5, 5.41) is 4.73. The first-order valence-corrected chi connectivity index (χ1v) is 5.69. The molecule has 0 aliphatic rings. The third-order valence-electron chi connectivity index (χ3n) is 2.46. The topological polar surface area (TPSA) is 60.9 Å².